The fraction of sp³-hybridized carbons (Fsp3) is 0.889. The summed E-state index contributed by atoms with van der Waals surface area (Å²) in [6.45, 7) is 2.83. The molecule has 0 aliphatic rings. The molecule has 0 aliphatic carbocycles. The molecule has 0 aromatic heterocycles. The molecule has 0 heterocycles. The first-order chi connectivity index (χ1) is 11.8. The third-order valence-electron chi connectivity index (χ3n) is 4.12. The smallest absolute Gasteiger partial charge is 0.0408 e. The maximum atomic E-state index is 8.64. The molecule has 24 heavy (non-hydrogen) atoms. The summed E-state index contributed by atoms with van der Waals surface area (Å²) < 4.78 is 0. The minimum Gasteiger partial charge on any atom is -0.0940 e. The van der Waals surface area contributed by atoms with Gasteiger partial charge in [-0.1, -0.05) is 80.7 Å². The molecule has 1 atom stereocenters. The Labute approximate surface area is 147 Å². The second-order valence-electron chi connectivity index (χ2n) is 6.28. The van der Waals surface area contributed by atoms with E-state index in [2.05, 4.69) is 39.1 Å². The van der Waals surface area contributed by atoms with Crippen LogP contribution in [0.4, 0.5) is 0 Å². The summed E-state index contributed by atoms with van der Waals surface area (Å²) in [5.41, 5.74) is 16.8. The molecule has 0 N–H and O–H groups in total. The lowest BCUT2D eigenvalue weighted by Gasteiger charge is -2.07. The van der Waals surface area contributed by atoms with Gasteiger partial charge in [0.05, 0.1) is 0 Å². The summed E-state index contributed by atoms with van der Waals surface area (Å²) >= 11 is 0. The van der Waals surface area contributed by atoms with Crippen molar-refractivity contribution in [1.82, 2.24) is 0 Å². The third-order valence-corrected chi connectivity index (χ3v) is 4.12. The first kappa shape index (κ1) is 22.4. The van der Waals surface area contributed by atoms with Gasteiger partial charge in [-0.25, -0.2) is 0 Å². The number of rotatable bonds is 17. The van der Waals surface area contributed by atoms with Gasteiger partial charge in [-0.05, 0) is 43.2 Å². The number of allylic oxidation sites excluding steroid dienone is 1. The van der Waals surface area contributed by atoms with Gasteiger partial charge in [-0.2, -0.15) is 0 Å². The van der Waals surface area contributed by atoms with E-state index in [1.54, 1.807) is 0 Å². The van der Waals surface area contributed by atoms with Crippen molar-refractivity contribution in [3.05, 3.63) is 33.0 Å². The van der Waals surface area contributed by atoms with Crippen molar-refractivity contribution in [3.63, 3.8) is 0 Å². The molecule has 0 fully saturated rings. The summed E-state index contributed by atoms with van der Waals surface area (Å²) in [5.74, 6) is 0. The van der Waals surface area contributed by atoms with Gasteiger partial charge in [0.25, 0.3) is 0 Å². The van der Waals surface area contributed by atoms with Gasteiger partial charge in [-0.3, -0.25) is 0 Å². The standard InChI is InChI=1S/C18H34N6/c1-2-3-4-12-15-18(22-24-20)16-13-10-8-6-5-7-9-11-14-17-21-23-19/h10,13,18H,2-9,11-12,14-17H2,1H3/b13-10-. The van der Waals surface area contributed by atoms with Crippen LogP contribution >= 0.6 is 0 Å². The topological polar surface area (TPSA) is 97.5 Å². The largest absolute Gasteiger partial charge is 0.0940 e. The molecule has 0 saturated carbocycles. The maximum Gasteiger partial charge on any atom is 0.0408 e. The van der Waals surface area contributed by atoms with E-state index in [1.165, 1.54) is 44.9 Å². The van der Waals surface area contributed by atoms with Gasteiger partial charge < -0.3 is 0 Å². The molecule has 0 aromatic carbocycles. The van der Waals surface area contributed by atoms with Crippen molar-refractivity contribution in [1.29, 1.82) is 0 Å². The number of azide groups is 2. The predicted octanol–water partition coefficient (Wildman–Crippen LogP) is 7.62. The predicted molar refractivity (Wildman–Crippen MR) is 102 cm³/mol. The van der Waals surface area contributed by atoms with Crippen LogP contribution in [0.3, 0.4) is 0 Å². The molecule has 0 aliphatic heterocycles. The minimum absolute atomic E-state index is 0.124. The Hall–Kier alpha value is -1.64. The van der Waals surface area contributed by atoms with Gasteiger partial charge in [0, 0.05) is 22.4 Å². The van der Waals surface area contributed by atoms with E-state index in [-0.39, 0.29) is 6.04 Å². The first-order valence-electron chi connectivity index (χ1n) is 9.55. The highest BCUT2D eigenvalue weighted by molar-refractivity contribution is 4.86. The zero-order valence-electron chi connectivity index (χ0n) is 15.3. The lowest BCUT2D eigenvalue weighted by Crippen LogP contribution is -2.01. The molecule has 0 rings (SSSR count). The Morgan fingerprint density at radius 3 is 2.25 bits per heavy atom. The van der Waals surface area contributed by atoms with Crippen LogP contribution in [-0.2, 0) is 0 Å². The summed E-state index contributed by atoms with van der Waals surface area (Å²) in [6, 6.07) is 0.124. The molecule has 1 unspecified atom stereocenters. The molecule has 0 radical (unpaired) electrons. The van der Waals surface area contributed by atoms with Crippen molar-refractivity contribution in [2.45, 2.75) is 96.4 Å². The van der Waals surface area contributed by atoms with Crippen LogP contribution in [0.15, 0.2) is 22.4 Å². The summed E-state index contributed by atoms with van der Waals surface area (Å²) in [5, 5.41) is 7.45. The average Bonchev–Trinajstić information content (AvgIpc) is 2.59. The molecule has 6 heteroatoms. The molecule has 0 saturated heterocycles. The number of nitrogens with zero attached hydrogens (tertiary/aromatic N) is 6. The van der Waals surface area contributed by atoms with E-state index in [0.717, 1.165) is 38.5 Å². The van der Waals surface area contributed by atoms with E-state index >= 15 is 0 Å². The van der Waals surface area contributed by atoms with Gasteiger partial charge in [0.1, 0.15) is 0 Å². The van der Waals surface area contributed by atoms with Crippen molar-refractivity contribution in [2.24, 2.45) is 10.2 Å². The monoisotopic (exact) mass is 334 g/mol. The third kappa shape index (κ3) is 16.7. The van der Waals surface area contributed by atoms with Crippen LogP contribution in [0, 0.1) is 0 Å². The molecule has 0 bridgehead atoms. The van der Waals surface area contributed by atoms with Gasteiger partial charge in [0.2, 0.25) is 0 Å². The molecular weight excluding hydrogens is 300 g/mol. The van der Waals surface area contributed by atoms with Crippen molar-refractivity contribution < 1.29 is 0 Å². The highest BCUT2D eigenvalue weighted by Gasteiger charge is 2.03. The highest BCUT2D eigenvalue weighted by Crippen LogP contribution is 2.13. The molecule has 0 amide bonds. The highest BCUT2D eigenvalue weighted by atomic mass is 15.1. The second-order valence-corrected chi connectivity index (χ2v) is 6.28. The lowest BCUT2D eigenvalue weighted by molar-refractivity contribution is 0.549. The Bertz CT molecular complexity index is 394. The fourth-order valence-corrected chi connectivity index (χ4v) is 2.67. The summed E-state index contributed by atoms with van der Waals surface area (Å²) in [6.07, 6.45) is 19.4. The number of hydrogen-bond acceptors (Lipinski definition) is 2. The molecule has 6 nitrogen and oxygen atoms in total. The summed E-state index contributed by atoms with van der Waals surface area (Å²) in [7, 11) is 0. The normalized spacial score (nSPS) is 11.9. The zero-order valence-corrected chi connectivity index (χ0v) is 15.3. The van der Waals surface area contributed by atoms with Crippen molar-refractivity contribution in [2.75, 3.05) is 6.54 Å². The molecule has 0 spiro atoms. The average molecular weight is 335 g/mol. The van der Waals surface area contributed by atoms with Crippen LogP contribution in [0.25, 0.3) is 20.9 Å². The summed E-state index contributed by atoms with van der Waals surface area (Å²) in [4.78, 5) is 5.73. The SMILES string of the molecule is CCCCCCC(C/C=C\CCCCCCCCN=[N+]=[N-])N=[N+]=[N-]. The second kappa shape index (κ2) is 19.4. The van der Waals surface area contributed by atoms with Crippen molar-refractivity contribution >= 4 is 0 Å². The van der Waals surface area contributed by atoms with E-state index in [9.17, 15) is 0 Å². The Kier molecular flexibility index (Phi) is 18.1. The number of unbranched alkanes of at least 4 members (excludes halogenated alkanes) is 9. The molecule has 0 aromatic rings. The minimum atomic E-state index is 0.124. The van der Waals surface area contributed by atoms with Crippen molar-refractivity contribution in [3.8, 4) is 0 Å². The quantitative estimate of drug-likeness (QED) is 0.0859. The lowest BCUT2D eigenvalue weighted by atomic mass is 10.0. The Morgan fingerprint density at radius 1 is 0.833 bits per heavy atom. The van der Waals surface area contributed by atoms with Gasteiger partial charge >= 0.3 is 0 Å². The van der Waals surface area contributed by atoms with Crippen LogP contribution in [-0.4, -0.2) is 12.6 Å². The number of hydrogen-bond donors (Lipinski definition) is 0. The Balaban J connectivity index is 3.55. The van der Waals surface area contributed by atoms with Crippen LogP contribution in [0.5, 0.6) is 0 Å². The molecule has 136 valence electrons. The maximum absolute atomic E-state index is 8.64. The van der Waals surface area contributed by atoms with E-state index in [4.69, 9.17) is 11.1 Å². The van der Waals surface area contributed by atoms with Gasteiger partial charge in [0.15, 0.2) is 0 Å². The fourth-order valence-electron chi connectivity index (χ4n) is 2.67. The van der Waals surface area contributed by atoms with E-state index < -0.39 is 0 Å². The van der Waals surface area contributed by atoms with Crippen LogP contribution in [0.1, 0.15) is 90.4 Å². The van der Waals surface area contributed by atoms with Crippen LogP contribution in [0.2, 0.25) is 0 Å². The van der Waals surface area contributed by atoms with E-state index in [0.29, 0.717) is 6.54 Å². The van der Waals surface area contributed by atoms with E-state index in [1.807, 2.05) is 0 Å². The molecular formula is C18H34N6. The van der Waals surface area contributed by atoms with Gasteiger partial charge in [-0.15, -0.1) is 0 Å². The zero-order chi connectivity index (χ0) is 17.7. The first-order valence-corrected chi connectivity index (χ1v) is 9.55. The Morgan fingerprint density at radius 2 is 1.54 bits per heavy atom. The van der Waals surface area contributed by atoms with Crippen LogP contribution < -0.4 is 0 Å².